The zero-order valence-corrected chi connectivity index (χ0v) is 14.2. The summed E-state index contributed by atoms with van der Waals surface area (Å²) in [6, 6.07) is 0.656. The molecule has 1 aliphatic carbocycles. The number of nitrogens with one attached hydrogen (secondary N) is 1. The molecule has 5 nitrogen and oxygen atoms in total. The van der Waals surface area contributed by atoms with Crippen LogP contribution in [-0.2, 0) is 4.74 Å². The van der Waals surface area contributed by atoms with Gasteiger partial charge in [-0.3, -0.25) is 0 Å². The van der Waals surface area contributed by atoms with Crippen LogP contribution in [0.15, 0.2) is 0 Å². The first-order chi connectivity index (χ1) is 9.86. The van der Waals surface area contributed by atoms with Gasteiger partial charge in [0.1, 0.15) is 0 Å². The Hall–Kier alpha value is -0.200. The monoisotopic (exact) mass is 302 g/mol. The van der Waals surface area contributed by atoms with Gasteiger partial charge in [0.15, 0.2) is 0 Å². The number of hydrogen-bond donors (Lipinski definition) is 3. The second-order valence-electron chi connectivity index (χ2n) is 6.81. The Morgan fingerprint density at radius 2 is 1.86 bits per heavy atom. The van der Waals surface area contributed by atoms with E-state index < -0.39 is 12.2 Å². The maximum absolute atomic E-state index is 10.6. The molecule has 5 heteroatoms. The lowest BCUT2D eigenvalue weighted by atomic mass is 9.94. The zero-order chi connectivity index (χ0) is 16.0. The van der Waals surface area contributed by atoms with Crippen molar-refractivity contribution in [3.05, 3.63) is 0 Å². The van der Waals surface area contributed by atoms with Crippen molar-refractivity contribution in [1.82, 2.24) is 10.2 Å². The van der Waals surface area contributed by atoms with Crippen molar-refractivity contribution >= 4 is 0 Å². The van der Waals surface area contributed by atoms with E-state index in [2.05, 4.69) is 12.2 Å². The van der Waals surface area contributed by atoms with Gasteiger partial charge >= 0.3 is 0 Å². The summed E-state index contributed by atoms with van der Waals surface area (Å²) in [7, 11) is 3.95. The van der Waals surface area contributed by atoms with Crippen molar-refractivity contribution in [2.24, 2.45) is 5.92 Å². The molecule has 0 amide bonds. The lowest BCUT2D eigenvalue weighted by Gasteiger charge is -2.35. The summed E-state index contributed by atoms with van der Waals surface area (Å²) in [5, 5.41) is 23.8. The highest BCUT2D eigenvalue weighted by molar-refractivity contribution is 4.84. The van der Waals surface area contributed by atoms with Gasteiger partial charge in [0.2, 0.25) is 0 Å². The van der Waals surface area contributed by atoms with Crippen LogP contribution in [0.5, 0.6) is 0 Å². The molecular formula is C16H34N2O3. The predicted octanol–water partition coefficient (Wildman–Crippen LogP) is 0.842. The molecule has 1 rings (SSSR count). The number of nitrogens with zero attached hydrogens (tertiary/aromatic N) is 1. The molecule has 0 bridgehead atoms. The lowest BCUT2D eigenvalue weighted by molar-refractivity contribution is -0.106. The summed E-state index contributed by atoms with van der Waals surface area (Å²) in [4.78, 5) is 2.04. The molecule has 3 unspecified atom stereocenters. The normalized spacial score (nSPS) is 21.6. The summed E-state index contributed by atoms with van der Waals surface area (Å²) in [5.74, 6) is 0.206. The standard InChI is InChI=1S/C16H34N2O3/c1-6-14(18(4)5)15(20)16(11(2)3)21-10-13(19)9-17-12-7-8-12/h11-17,19-20H,6-10H2,1-5H3/t13?,14?,15?,16-/m0/s1. The van der Waals surface area contributed by atoms with Crippen molar-refractivity contribution in [3.8, 4) is 0 Å². The van der Waals surface area contributed by atoms with Crippen molar-refractivity contribution in [2.75, 3.05) is 27.2 Å². The fourth-order valence-corrected chi connectivity index (χ4v) is 2.69. The Balaban J connectivity index is 2.43. The van der Waals surface area contributed by atoms with Crippen molar-refractivity contribution in [1.29, 1.82) is 0 Å². The second kappa shape index (κ2) is 9.06. The van der Waals surface area contributed by atoms with Crippen LogP contribution in [0.3, 0.4) is 0 Å². The highest BCUT2D eigenvalue weighted by atomic mass is 16.5. The summed E-state index contributed by atoms with van der Waals surface area (Å²) < 4.78 is 5.85. The van der Waals surface area contributed by atoms with Gasteiger partial charge in [0, 0.05) is 18.6 Å². The fraction of sp³-hybridized carbons (Fsp3) is 1.00. The zero-order valence-electron chi connectivity index (χ0n) is 14.2. The number of hydrogen-bond acceptors (Lipinski definition) is 5. The molecule has 1 fully saturated rings. The SMILES string of the molecule is CCC(C(O)[C@@H](OCC(O)CNC1CC1)C(C)C)N(C)C. The molecule has 1 saturated carbocycles. The Morgan fingerprint density at radius 3 is 2.29 bits per heavy atom. The largest absolute Gasteiger partial charge is 0.389 e. The molecule has 0 aliphatic heterocycles. The quantitative estimate of drug-likeness (QED) is 0.528. The van der Waals surface area contributed by atoms with E-state index in [0.29, 0.717) is 12.6 Å². The van der Waals surface area contributed by atoms with Crippen LogP contribution in [0.25, 0.3) is 0 Å². The van der Waals surface area contributed by atoms with Crippen molar-refractivity contribution in [2.45, 2.75) is 70.4 Å². The molecule has 126 valence electrons. The molecule has 3 N–H and O–H groups in total. The summed E-state index contributed by atoms with van der Waals surface area (Å²) in [5.41, 5.74) is 0. The third kappa shape index (κ3) is 6.61. The number of likely N-dealkylation sites (N-methyl/N-ethyl adjacent to an activating group) is 1. The van der Waals surface area contributed by atoms with E-state index in [-0.39, 0.29) is 24.7 Å². The second-order valence-corrected chi connectivity index (χ2v) is 6.81. The maximum atomic E-state index is 10.6. The van der Waals surface area contributed by atoms with Crippen LogP contribution in [0, 0.1) is 5.92 Å². The maximum Gasteiger partial charge on any atom is 0.0958 e. The minimum atomic E-state index is -0.548. The molecule has 1 aliphatic rings. The summed E-state index contributed by atoms with van der Waals surface area (Å²) >= 11 is 0. The fourth-order valence-electron chi connectivity index (χ4n) is 2.69. The van der Waals surface area contributed by atoms with Crippen LogP contribution in [0.1, 0.15) is 40.0 Å². The third-order valence-corrected chi connectivity index (χ3v) is 4.17. The molecular weight excluding hydrogens is 268 g/mol. The lowest BCUT2D eigenvalue weighted by Crippen LogP contribution is -2.49. The number of rotatable bonds is 11. The van der Waals surface area contributed by atoms with Gasteiger partial charge in [-0.25, -0.2) is 0 Å². The van der Waals surface area contributed by atoms with E-state index in [0.717, 1.165) is 6.42 Å². The van der Waals surface area contributed by atoms with Crippen molar-refractivity contribution < 1.29 is 14.9 Å². The number of aliphatic hydroxyl groups is 2. The number of ether oxygens (including phenoxy) is 1. The van der Waals surface area contributed by atoms with E-state index >= 15 is 0 Å². The van der Waals surface area contributed by atoms with Crippen LogP contribution in [-0.4, -0.2) is 72.8 Å². The molecule has 0 saturated heterocycles. The Bertz CT molecular complexity index is 283. The summed E-state index contributed by atoms with van der Waals surface area (Å²) in [6.07, 6.45) is 1.97. The van der Waals surface area contributed by atoms with Gasteiger partial charge in [0.25, 0.3) is 0 Å². The average Bonchev–Trinajstić information content (AvgIpc) is 3.20. The molecule has 0 aromatic rings. The number of aliphatic hydroxyl groups excluding tert-OH is 2. The Labute approximate surface area is 129 Å². The smallest absolute Gasteiger partial charge is 0.0958 e. The molecule has 0 aromatic carbocycles. The average molecular weight is 302 g/mol. The van der Waals surface area contributed by atoms with Crippen LogP contribution in [0.2, 0.25) is 0 Å². The molecule has 0 heterocycles. The first-order valence-corrected chi connectivity index (χ1v) is 8.24. The van der Waals surface area contributed by atoms with Gasteiger partial charge in [0.05, 0.1) is 24.9 Å². The molecule has 0 radical (unpaired) electrons. The minimum absolute atomic E-state index is 0.0686. The minimum Gasteiger partial charge on any atom is -0.389 e. The van der Waals surface area contributed by atoms with Gasteiger partial charge in [-0.15, -0.1) is 0 Å². The van der Waals surface area contributed by atoms with Gasteiger partial charge in [-0.05, 0) is 39.3 Å². The highest BCUT2D eigenvalue weighted by Crippen LogP contribution is 2.20. The van der Waals surface area contributed by atoms with Crippen LogP contribution >= 0.6 is 0 Å². The van der Waals surface area contributed by atoms with Crippen LogP contribution in [0.4, 0.5) is 0 Å². The first kappa shape index (κ1) is 18.8. The van der Waals surface area contributed by atoms with E-state index in [1.807, 2.05) is 32.8 Å². The Kier molecular flexibility index (Phi) is 8.13. The van der Waals surface area contributed by atoms with E-state index in [1.165, 1.54) is 12.8 Å². The Morgan fingerprint density at radius 1 is 1.24 bits per heavy atom. The van der Waals surface area contributed by atoms with Crippen LogP contribution < -0.4 is 5.32 Å². The van der Waals surface area contributed by atoms with Gasteiger partial charge < -0.3 is 25.2 Å². The molecule has 0 spiro atoms. The highest BCUT2D eigenvalue weighted by Gasteiger charge is 2.31. The molecule has 0 aromatic heterocycles. The first-order valence-electron chi connectivity index (χ1n) is 8.24. The van der Waals surface area contributed by atoms with E-state index in [9.17, 15) is 10.2 Å². The third-order valence-electron chi connectivity index (χ3n) is 4.17. The predicted molar refractivity (Wildman–Crippen MR) is 85.4 cm³/mol. The topological polar surface area (TPSA) is 65.0 Å². The summed E-state index contributed by atoms with van der Waals surface area (Å²) in [6.45, 7) is 7.00. The van der Waals surface area contributed by atoms with Gasteiger partial charge in [-0.2, -0.15) is 0 Å². The van der Waals surface area contributed by atoms with Crippen molar-refractivity contribution in [3.63, 3.8) is 0 Å². The molecule has 4 atom stereocenters. The van der Waals surface area contributed by atoms with E-state index in [4.69, 9.17) is 4.74 Å². The van der Waals surface area contributed by atoms with E-state index in [1.54, 1.807) is 0 Å². The molecule has 21 heavy (non-hydrogen) atoms. The van der Waals surface area contributed by atoms with Gasteiger partial charge in [-0.1, -0.05) is 20.8 Å².